The maximum atomic E-state index is 11.8. The molecule has 2 amide bonds. The second-order valence-corrected chi connectivity index (χ2v) is 4.70. The molecular weight excluding hydrogens is 206 g/mol. The van der Waals surface area contributed by atoms with Crippen LogP contribution in [0.25, 0.3) is 0 Å². The van der Waals surface area contributed by atoms with Crippen molar-refractivity contribution < 1.29 is 9.59 Å². The fourth-order valence-electron chi connectivity index (χ4n) is 2.60. The summed E-state index contributed by atoms with van der Waals surface area (Å²) in [6, 6.07) is -0.124. The van der Waals surface area contributed by atoms with Crippen LogP contribution in [0.3, 0.4) is 0 Å². The molecule has 0 aromatic heterocycles. The van der Waals surface area contributed by atoms with E-state index in [1.165, 1.54) is 0 Å². The van der Waals surface area contributed by atoms with Gasteiger partial charge in [-0.2, -0.15) is 0 Å². The number of rotatable bonds is 3. The lowest BCUT2D eigenvalue weighted by molar-refractivity contribution is -0.126. The van der Waals surface area contributed by atoms with E-state index in [-0.39, 0.29) is 23.9 Å². The first-order valence-electron chi connectivity index (χ1n) is 6.00. The highest BCUT2D eigenvalue weighted by Gasteiger charge is 2.32. The summed E-state index contributed by atoms with van der Waals surface area (Å²) in [5, 5.41) is 5.69. The van der Waals surface area contributed by atoms with Crippen LogP contribution in [0.15, 0.2) is 0 Å². The van der Waals surface area contributed by atoms with Crippen molar-refractivity contribution >= 4 is 11.8 Å². The molecule has 1 aliphatic carbocycles. The van der Waals surface area contributed by atoms with Gasteiger partial charge in [-0.1, -0.05) is 6.42 Å². The van der Waals surface area contributed by atoms with Gasteiger partial charge in [0, 0.05) is 12.5 Å². The predicted molar refractivity (Wildman–Crippen MR) is 59.5 cm³/mol. The van der Waals surface area contributed by atoms with Crippen molar-refractivity contribution in [3.05, 3.63) is 0 Å². The molecule has 0 bridgehead atoms. The van der Waals surface area contributed by atoms with Crippen molar-refractivity contribution in [1.29, 1.82) is 0 Å². The van der Waals surface area contributed by atoms with Crippen LogP contribution in [0.4, 0.5) is 0 Å². The first-order chi connectivity index (χ1) is 7.70. The average Bonchev–Trinajstić information content (AvgIpc) is 2.86. The fraction of sp³-hybridized carbons (Fsp3) is 0.818. The highest BCUT2D eigenvalue weighted by atomic mass is 16.2. The minimum Gasteiger partial charge on any atom is -0.351 e. The van der Waals surface area contributed by atoms with Gasteiger partial charge in [-0.25, -0.2) is 0 Å². The topological polar surface area (TPSA) is 84.2 Å². The summed E-state index contributed by atoms with van der Waals surface area (Å²) in [5.41, 5.74) is 5.65. The maximum Gasteiger partial charge on any atom is 0.242 e. The van der Waals surface area contributed by atoms with Gasteiger partial charge in [0.2, 0.25) is 11.8 Å². The Morgan fingerprint density at radius 1 is 1.44 bits per heavy atom. The quantitative estimate of drug-likeness (QED) is 0.606. The molecule has 16 heavy (non-hydrogen) atoms. The van der Waals surface area contributed by atoms with Crippen LogP contribution in [0, 0.1) is 5.92 Å². The van der Waals surface area contributed by atoms with Gasteiger partial charge in [0.05, 0.1) is 0 Å². The Balaban J connectivity index is 1.84. The molecule has 90 valence electrons. The Morgan fingerprint density at radius 2 is 2.25 bits per heavy atom. The minimum absolute atomic E-state index is 0.0260. The van der Waals surface area contributed by atoms with E-state index < -0.39 is 0 Å². The molecule has 2 fully saturated rings. The second-order valence-electron chi connectivity index (χ2n) is 4.70. The van der Waals surface area contributed by atoms with E-state index in [0.717, 1.165) is 19.3 Å². The van der Waals surface area contributed by atoms with Crippen LogP contribution < -0.4 is 16.4 Å². The molecule has 1 aliphatic heterocycles. The van der Waals surface area contributed by atoms with Crippen LogP contribution in [0.1, 0.15) is 32.1 Å². The van der Waals surface area contributed by atoms with Gasteiger partial charge >= 0.3 is 0 Å². The third-order valence-electron chi connectivity index (χ3n) is 3.60. The first kappa shape index (κ1) is 11.4. The van der Waals surface area contributed by atoms with Gasteiger partial charge in [-0.15, -0.1) is 0 Å². The molecule has 1 saturated carbocycles. The molecular formula is C11H19N3O2. The molecule has 5 heteroatoms. The van der Waals surface area contributed by atoms with E-state index in [1.807, 2.05) is 0 Å². The van der Waals surface area contributed by atoms with E-state index in [2.05, 4.69) is 10.6 Å². The molecule has 0 radical (unpaired) electrons. The largest absolute Gasteiger partial charge is 0.351 e. The highest BCUT2D eigenvalue weighted by Crippen LogP contribution is 2.24. The molecule has 3 atom stereocenters. The van der Waals surface area contributed by atoms with Crippen LogP contribution in [0.2, 0.25) is 0 Å². The predicted octanol–water partition coefficient (Wildman–Crippen LogP) is -0.491. The summed E-state index contributed by atoms with van der Waals surface area (Å²) in [7, 11) is 0. The number of carbonyl (C=O) groups is 2. The van der Waals surface area contributed by atoms with Gasteiger partial charge < -0.3 is 16.4 Å². The Labute approximate surface area is 95.1 Å². The zero-order valence-electron chi connectivity index (χ0n) is 9.37. The second kappa shape index (κ2) is 4.82. The van der Waals surface area contributed by atoms with Crippen LogP contribution in [-0.4, -0.2) is 30.4 Å². The Bertz CT molecular complexity index is 293. The summed E-state index contributed by atoms with van der Waals surface area (Å²) in [6.07, 6.45) is 4.31. The Hall–Kier alpha value is -1.10. The zero-order valence-corrected chi connectivity index (χ0v) is 9.37. The molecule has 0 aromatic rings. The van der Waals surface area contributed by atoms with Crippen LogP contribution in [-0.2, 0) is 9.59 Å². The SMILES string of the molecule is NCC1CCCC1NC(=O)[C@H]1CCC(=O)N1. The van der Waals surface area contributed by atoms with E-state index in [9.17, 15) is 9.59 Å². The number of nitrogens with one attached hydrogen (secondary N) is 2. The van der Waals surface area contributed by atoms with Gasteiger partial charge in [0.15, 0.2) is 0 Å². The lowest BCUT2D eigenvalue weighted by Gasteiger charge is -2.21. The highest BCUT2D eigenvalue weighted by molar-refractivity contribution is 5.90. The smallest absolute Gasteiger partial charge is 0.242 e. The summed E-state index contributed by atoms with van der Waals surface area (Å²) in [5.74, 6) is 0.333. The van der Waals surface area contributed by atoms with Gasteiger partial charge in [0.1, 0.15) is 6.04 Å². The third-order valence-corrected chi connectivity index (χ3v) is 3.60. The summed E-state index contributed by atoms with van der Waals surface area (Å²) in [6.45, 7) is 0.627. The Kier molecular flexibility index (Phi) is 3.43. The van der Waals surface area contributed by atoms with Crippen LogP contribution in [0.5, 0.6) is 0 Å². The van der Waals surface area contributed by atoms with E-state index in [1.54, 1.807) is 0 Å². The average molecular weight is 225 g/mol. The number of carbonyl (C=O) groups excluding carboxylic acids is 2. The monoisotopic (exact) mass is 225 g/mol. The lowest BCUT2D eigenvalue weighted by atomic mass is 10.0. The van der Waals surface area contributed by atoms with Crippen molar-refractivity contribution in [3.63, 3.8) is 0 Å². The Morgan fingerprint density at radius 3 is 2.88 bits per heavy atom. The maximum absolute atomic E-state index is 11.8. The zero-order chi connectivity index (χ0) is 11.5. The number of hydrogen-bond donors (Lipinski definition) is 3. The van der Waals surface area contributed by atoms with Crippen molar-refractivity contribution in [2.24, 2.45) is 11.7 Å². The summed E-state index contributed by atoms with van der Waals surface area (Å²) < 4.78 is 0. The molecule has 5 nitrogen and oxygen atoms in total. The lowest BCUT2D eigenvalue weighted by Crippen LogP contribution is -2.48. The molecule has 1 heterocycles. The molecule has 0 spiro atoms. The molecule has 4 N–H and O–H groups in total. The summed E-state index contributed by atoms with van der Waals surface area (Å²) in [4.78, 5) is 22.8. The van der Waals surface area contributed by atoms with Gasteiger partial charge in [-0.05, 0) is 31.7 Å². The van der Waals surface area contributed by atoms with Crippen molar-refractivity contribution in [2.45, 2.75) is 44.2 Å². The number of nitrogens with two attached hydrogens (primary N) is 1. The van der Waals surface area contributed by atoms with E-state index in [4.69, 9.17) is 5.73 Å². The first-order valence-corrected chi connectivity index (χ1v) is 6.00. The molecule has 2 rings (SSSR count). The molecule has 0 aromatic carbocycles. The van der Waals surface area contributed by atoms with Gasteiger partial charge in [0.25, 0.3) is 0 Å². The van der Waals surface area contributed by atoms with Crippen molar-refractivity contribution in [2.75, 3.05) is 6.54 Å². The van der Waals surface area contributed by atoms with Crippen LogP contribution >= 0.6 is 0 Å². The number of hydrogen-bond acceptors (Lipinski definition) is 3. The molecule has 1 saturated heterocycles. The number of amides is 2. The molecule has 2 aliphatic rings. The van der Waals surface area contributed by atoms with Gasteiger partial charge in [-0.3, -0.25) is 9.59 Å². The fourth-order valence-corrected chi connectivity index (χ4v) is 2.60. The summed E-state index contributed by atoms with van der Waals surface area (Å²) >= 11 is 0. The molecule has 2 unspecified atom stereocenters. The van der Waals surface area contributed by atoms with Crippen molar-refractivity contribution in [1.82, 2.24) is 10.6 Å². The van der Waals surface area contributed by atoms with E-state index in [0.29, 0.717) is 25.3 Å². The normalized spacial score (nSPS) is 33.8. The minimum atomic E-state index is -0.327. The third kappa shape index (κ3) is 2.35. The standard InChI is InChI=1S/C11H19N3O2/c12-6-7-2-1-3-8(7)14-11(16)9-4-5-10(15)13-9/h7-9H,1-6,12H2,(H,13,15)(H,14,16)/t7?,8?,9-/m1/s1. The van der Waals surface area contributed by atoms with E-state index >= 15 is 0 Å². The van der Waals surface area contributed by atoms with Crippen molar-refractivity contribution in [3.8, 4) is 0 Å².